The Morgan fingerprint density at radius 2 is 1.00 bits per heavy atom. The maximum atomic E-state index is 2.38. The third kappa shape index (κ3) is 7.73. The Morgan fingerprint density at radius 3 is 1.58 bits per heavy atom. The van der Waals surface area contributed by atoms with Crippen LogP contribution in [0.25, 0.3) is 39.6 Å². The number of benzene rings is 6. The highest BCUT2D eigenvalue weighted by atomic mass is 15.2. The van der Waals surface area contributed by atoms with Crippen LogP contribution in [0.15, 0.2) is 229 Å². The minimum Gasteiger partial charge on any atom is -0.311 e. The monoisotopic (exact) mass is 772 g/mol. The zero-order valence-electron chi connectivity index (χ0n) is 33.9. The maximum Gasteiger partial charge on any atom is 0.0461 e. The van der Waals surface area contributed by atoms with Crippen LogP contribution in [0.2, 0.25) is 0 Å². The first-order valence-corrected chi connectivity index (χ1v) is 21.4. The van der Waals surface area contributed by atoms with Gasteiger partial charge in [-0.1, -0.05) is 164 Å². The fraction of sp³-hybridized carbons (Fsp3) is 0.103. The summed E-state index contributed by atoms with van der Waals surface area (Å²) in [4.78, 5) is 4.76. The normalized spacial score (nSPS) is 16.9. The van der Waals surface area contributed by atoms with E-state index in [9.17, 15) is 0 Å². The summed E-state index contributed by atoms with van der Waals surface area (Å²) < 4.78 is 0. The van der Waals surface area contributed by atoms with Crippen molar-refractivity contribution in [2.45, 2.75) is 32.1 Å². The van der Waals surface area contributed by atoms with Gasteiger partial charge in [0.25, 0.3) is 0 Å². The van der Waals surface area contributed by atoms with Crippen LogP contribution in [0.4, 0.5) is 22.7 Å². The summed E-state index contributed by atoms with van der Waals surface area (Å²) in [5.41, 5.74) is 15.9. The zero-order chi connectivity index (χ0) is 40.1. The number of hydrogen-bond acceptors (Lipinski definition) is 2. The molecule has 4 aliphatic carbocycles. The lowest BCUT2D eigenvalue weighted by Crippen LogP contribution is -2.16. The molecule has 0 N–H and O–H groups in total. The van der Waals surface area contributed by atoms with Crippen molar-refractivity contribution in [3.05, 3.63) is 246 Å². The fourth-order valence-corrected chi connectivity index (χ4v) is 8.96. The van der Waals surface area contributed by atoms with Crippen molar-refractivity contribution in [2.24, 2.45) is 5.92 Å². The molecule has 0 aliphatic heterocycles. The minimum atomic E-state index is 0.432. The van der Waals surface area contributed by atoms with E-state index in [0.29, 0.717) is 5.92 Å². The number of allylic oxidation sites excluding steroid dienone is 14. The second-order valence-corrected chi connectivity index (χ2v) is 15.9. The lowest BCUT2D eigenvalue weighted by atomic mass is 9.79. The van der Waals surface area contributed by atoms with Crippen molar-refractivity contribution in [1.82, 2.24) is 0 Å². The van der Waals surface area contributed by atoms with Crippen LogP contribution >= 0.6 is 0 Å². The Bertz CT molecular complexity index is 2790. The topological polar surface area (TPSA) is 6.48 Å². The third-order valence-electron chi connectivity index (χ3n) is 12.1. The first-order valence-electron chi connectivity index (χ1n) is 21.4. The van der Waals surface area contributed by atoms with Gasteiger partial charge in [0.1, 0.15) is 0 Å². The van der Waals surface area contributed by atoms with Gasteiger partial charge >= 0.3 is 0 Å². The second kappa shape index (κ2) is 17.0. The summed E-state index contributed by atoms with van der Waals surface area (Å²) in [6.07, 6.45) is 37.0. The fourth-order valence-electron chi connectivity index (χ4n) is 8.96. The molecular formula is C58H48N2. The van der Waals surface area contributed by atoms with E-state index < -0.39 is 0 Å². The van der Waals surface area contributed by atoms with Gasteiger partial charge in [0.2, 0.25) is 0 Å². The van der Waals surface area contributed by atoms with Gasteiger partial charge in [-0.3, -0.25) is 0 Å². The van der Waals surface area contributed by atoms with E-state index >= 15 is 0 Å². The van der Waals surface area contributed by atoms with Crippen LogP contribution in [0.3, 0.4) is 0 Å². The Kier molecular flexibility index (Phi) is 10.5. The summed E-state index contributed by atoms with van der Waals surface area (Å²) in [6.45, 7) is 0. The molecule has 0 saturated carbocycles. The van der Waals surface area contributed by atoms with Gasteiger partial charge in [0, 0.05) is 40.1 Å². The molecule has 0 aromatic heterocycles. The maximum absolute atomic E-state index is 2.38. The molecule has 2 heteroatoms. The van der Waals surface area contributed by atoms with Gasteiger partial charge in [-0.2, -0.15) is 0 Å². The van der Waals surface area contributed by atoms with Gasteiger partial charge in [-0.05, 0) is 143 Å². The Balaban J connectivity index is 0.872. The summed E-state index contributed by atoms with van der Waals surface area (Å²) >= 11 is 0. The molecule has 6 aromatic rings. The average molecular weight is 773 g/mol. The predicted octanol–water partition coefficient (Wildman–Crippen LogP) is 15.9. The summed E-state index contributed by atoms with van der Waals surface area (Å²) in [5, 5.41) is 2.54. The molecular weight excluding hydrogens is 725 g/mol. The summed E-state index contributed by atoms with van der Waals surface area (Å²) in [6, 6.07) is 51.2. The summed E-state index contributed by atoms with van der Waals surface area (Å²) in [5.74, 6) is 0.432. The van der Waals surface area contributed by atoms with E-state index in [1.165, 1.54) is 61.3 Å². The molecule has 0 amide bonds. The molecule has 290 valence electrons. The van der Waals surface area contributed by atoms with Crippen molar-refractivity contribution >= 4 is 51.2 Å². The smallest absolute Gasteiger partial charge is 0.0461 e. The van der Waals surface area contributed by atoms with E-state index in [2.05, 4.69) is 234 Å². The van der Waals surface area contributed by atoms with E-state index in [4.69, 9.17) is 0 Å². The molecule has 10 rings (SSSR count). The molecule has 0 saturated heterocycles. The highest BCUT2D eigenvalue weighted by molar-refractivity contribution is 5.97. The molecule has 1 unspecified atom stereocenters. The van der Waals surface area contributed by atoms with Crippen LogP contribution < -0.4 is 9.80 Å². The van der Waals surface area contributed by atoms with E-state index in [0.717, 1.165) is 54.7 Å². The van der Waals surface area contributed by atoms with Crippen LogP contribution in [0.5, 0.6) is 0 Å². The van der Waals surface area contributed by atoms with E-state index in [-0.39, 0.29) is 0 Å². The number of nitrogens with zero attached hydrogens (tertiary/aromatic N) is 2. The molecule has 0 bridgehead atoms. The SMILES string of the molecule is C1=CCC2C(=C1)C=CC=C2c1ccc(N(C2=CCCC=C2)c2ccc(/C=C/c3ccc(N(C4=CCCC=C4)c4ccc(-c5cccc6ccccc56)cc4)cc3)cc2)cc1. The van der Waals surface area contributed by atoms with E-state index in [1.807, 2.05) is 0 Å². The number of rotatable bonds is 10. The lowest BCUT2D eigenvalue weighted by Gasteiger charge is -2.29. The lowest BCUT2D eigenvalue weighted by molar-refractivity contribution is 0.801. The first-order chi connectivity index (χ1) is 29.7. The Labute approximate surface area is 354 Å². The van der Waals surface area contributed by atoms with Gasteiger partial charge in [-0.15, -0.1) is 0 Å². The number of anilines is 4. The largest absolute Gasteiger partial charge is 0.311 e. The molecule has 4 aliphatic rings. The average Bonchev–Trinajstić information content (AvgIpc) is 3.33. The van der Waals surface area contributed by atoms with Crippen LogP contribution in [0.1, 0.15) is 48.8 Å². The van der Waals surface area contributed by atoms with Gasteiger partial charge in [-0.25, -0.2) is 0 Å². The number of hydrogen-bond donors (Lipinski definition) is 0. The standard InChI is InChI=1S/C58H48N2/c1-3-17-49(18-4-1)59(53-39-31-47(32-40-53)57-23-11-15-45-13-7-9-21-55(45)57)51-35-27-43(28-36-51)25-26-44-29-37-52(38-30-44)60(50-19-5-2-6-20-50)54-41-33-48(34-42-54)58-24-12-16-46-14-8-10-22-56(46)58/h3,5,7-21,23-42,56H,1-2,4,6,22H2/b26-25+. The Morgan fingerprint density at radius 1 is 0.450 bits per heavy atom. The number of fused-ring (bicyclic) bond motifs is 2. The van der Waals surface area contributed by atoms with Crippen molar-refractivity contribution in [2.75, 3.05) is 9.80 Å². The van der Waals surface area contributed by atoms with Gasteiger partial charge in [0.05, 0.1) is 0 Å². The molecule has 0 radical (unpaired) electrons. The third-order valence-corrected chi connectivity index (χ3v) is 12.1. The first kappa shape index (κ1) is 37.1. The predicted molar refractivity (Wildman–Crippen MR) is 257 cm³/mol. The van der Waals surface area contributed by atoms with Crippen molar-refractivity contribution < 1.29 is 0 Å². The zero-order valence-corrected chi connectivity index (χ0v) is 33.9. The van der Waals surface area contributed by atoms with Crippen LogP contribution in [-0.2, 0) is 0 Å². The molecule has 0 heterocycles. The van der Waals surface area contributed by atoms with Crippen molar-refractivity contribution in [3.63, 3.8) is 0 Å². The van der Waals surface area contributed by atoms with Crippen molar-refractivity contribution in [1.29, 1.82) is 0 Å². The van der Waals surface area contributed by atoms with E-state index in [1.54, 1.807) is 0 Å². The van der Waals surface area contributed by atoms with Crippen LogP contribution in [0, 0.1) is 5.92 Å². The quantitative estimate of drug-likeness (QED) is 0.128. The summed E-state index contributed by atoms with van der Waals surface area (Å²) in [7, 11) is 0. The minimum absolute atomic E-state index is 0.432. The van der Waals surface area contributed by atoms with Gasteiger partial charge in [0.15, 0.2) is 0 Å². The Hall–Kier alpha value is -7.16. The highest BCUT2D eigenvalue weighted by Gasteiger charge is 2.22. The molecule has 1 atom stereocenters. The molecule has 0 spiro atoms. The molecule has 6 aromatic carbocycles. The molecule has 2 nitrogen and oxygen atoms in total. The van der Waals surface area contributed by atoms with Gasteiger partial charge < -0.3 is 9.80 Å². The van der Waals surface area contributed by atoms with Crippen molar-refractivity contribution in [3.8, 4) is 11.1 Å². The highest BCUT2D eigenvalue weighted by Crippen LogP contribution is 2.40. The molecule has 0 fully saturated rings. The second-order valence-electron chi connectivity index (χ2n) is 15.9. The van der Waals surface area contributed by atoms with Crippen LogP contribution in [-0.4, -0.2) is 0 Å². The molecule has 60 heavy (non-hydrogen) atoms.